The van der Waals surface area contributed by atoms with E-state index >= 15 is 0 Å². The average Bonchev–Trinajstić information content (AvgIpc) is 2.92. The molecule has 0 bridgehead atoms. The third kappa shape index (κ3) is 3.55. The van der Waals surface area contributed by atoms with Crippen LogP contribution in [0.15, 0.2) is 12.1 Å². The highest BCUT2D eigenvalue weighted by Crippen LogP contribution is 2.34. The number of halogens is 1. The van der Waals surface area contributed by atoms with Crippen molar-refractivity contribution >= 4 is 17.5 Å². The van der Waals surface area contributed by atoms with Gasteiger partial charge in [-0.2, -0.15) is 0 Å². The molecule has 1 aromatic carbocycles. The summed E-state index contributed by atoms with van der Waals surface area (Å²) in [7, 11) is 3.17. The molecule has 114 valence electrons. The summed E-state index contributed by atoms with van der Waals surface area (Å²) in [6.07, 6.45) is 0.952. The Labute approximate surface area is 128 Å². The lowest BCUT2D eigenvalue weighted by Gasteiger charge is -2.14. The van der Waals surface area contributed by atoms with Gasteiger partial charge in [-0.15, -0.1) is 0 Å². The lowest BCUT2D eigenvalue weighted by molar-refractivity contribution is 0.352. The summed E-state index contributed by atoms with van der Waals surface area (Å²) < 4.78 is 12.4. The second kappa shape index (κ2) is 7.12. The van der Waals surface area contributed by atoms with Gasteiger partial charge in [0.1, 0.15) is 0 Å². The van der Waals surface area contributed by atoms with E-state index < -0.39 is 0 Å². The monoisotopic (exact) mass is 311 g/mol. The molecule has 0 unspecified atom stereocenters. The van der Waals surface area contributed by atoms with Crippen LogP contribution in [0.2, 0.25) is 5.02 Å². The van der Waals surface area contributed by atoms with Gasteiger partial charge in [0.25, 0.3) is 0 Å². The zero-order valence-electron chi connectivity index (χ0n) is 12.3. The standard InChI is InChI=1S/C13H18ClN5O2/c1-4-5-19-13(16-17-18-19)15-8-9-6-10(14)7-11(20-2)12(9)21-3/h6-7H,4-5,8H2,1-3H3,(H,15,16,18). The molecule has 1 N–H and O–H groups in total. The topological polar surface area (TPSA) is 74.1 Å². The molecule has 7 nitrogen and oxygen atoms in total. The van der Waals surface area contributed by atoms with Crippen LogP contribution < -0.4 is 14.8 Å². The van der Waals surface area contributed by atoms with Crippen molar-refractivity contribution in [3.63, 3.8) is 0 Å². The van der Waals surface area contributed by atoms with Crippen molar-refractivity contribution in [1.82, 2.24) is 20.2 Å². The molecule has 1 heterocycles. The van der Waals surface area contributed by atoms with Crippen molar-refractivity contribution in [3.8, 4) is 11.5 Å². The molecule has 2 aromatic rings. The summed E-state index contributed by atoms with van der Waals surface area (Å²) in [4.78, 5) is 0. The predicted molar refractivity (Wildman–Crippen MR) is 80.0 cm³/mol. The summed E-state index contributed by atoms with van der Waals surface area (Å²) in [5.41, 5.74) is 0.868. The largest absolute Gasteiger partial charge is 0.493 e. The molecule has 2 rings (SSSR count). The fourth-order valence-corrected chi connectivity index (χ4v) is 2.24. The Hall–Kier alpha value is -2.02. The van der Waals surface area contributed by atoms with Crippen LogP contribution in [0.4, 0.5) is 5.95 Å². The van der Waals surface area contributed by atoms with E-state index in [0.29, 0.717) is 29.0 Å². The number of nitrogens with zero attached hydrogens (tertiary/aromatic N) is 4. The van der Waals surface area contributed by atoms with Gasteiger partial charge in [0.15, 0.2) is 11.5 Å². The molecule has 0 aliphatic carbocycles. The lowest BCUT2D eigenvalue weighted by Crippen LogP contribution is -2.09. The van der Waals surface area contributed by atoms with E-state index in [2.05, 4.69) is 27.8 Å². The summed E-state index contributed by atoms with van der Waals surface area (Å²) in [6.45, 7) is 3.30. The first kappa shape index (κ1) is 15.4. The summed E-state index contributed by atoms with van der Waals surface area (Å²) >= 11 is 6.09. The maximum absolute atomic E-state index is 6.09. The smallest absolute Gasteiger partial charge is 0.243 e. The Kier molecular flexibility index (Phi) is 5.21. The van der Waals surface area contributed by atoms with Gasteiger partial charge in [0.05, 0.1) is 14.2 Å². The number of anilines is 1. The average molecular weight is 312 g/mol. The number of aromatic nitrogens is 4. The van der Waals surface area contributed by atoms with E-state index in [-0.39, 0.29) is 0 Å². The fraction of sp³-hybridized carbons (Fsp3) is 0.462. The van der Waals surface area contributed by atoms with E-state index in [1.165, 1.54) is 0 Å². The van der Waals surface area contributed by atoms with Crippen LogP contribution >= 0.6 is 11.6 Å². The van der Waals surface area contributed by atoms with E-state index in [1.807, 2.05) is 6.07 Å². The molecular formula is C13H18ClN5O2. The molecule has 0 saturated carbocycles. The number of ether oxygens (including phenoxy) is 2. The van der Waals surface area contributed by atoms with Crippen LogP contribution in [0.1, 0.15) is 18.9 Å². The quantitative estimate of drug-likeness (QED) is 0.846. The van der Waals surface area contributed by atoms with Crippen molar-refractivity contribution in [2.24, 2.45) is 0 Å². The van der Waals surface area contributed by atoms with Crippen molar-refractivity contribution in [1.29, 1.82) is 0 Å². The predicted octanol–water partition coefficient (Wildman–Crippen LogP) is 2.37. The number of nitrogens with one attached hydrogen (secondary N) is 1. The van der Waals surface area contributed by atoms with Crippen molar-refractivity contribution < 1.29 is 9.47 Å². The molecule has 1 aromatic heterocycles. The normalized spacial score (nSPS) is 10.5. The minimum atomic E-state index is 0.476. The molecule has 21 heavy (non-hydrogen) atoms. The Balaban J connectivity index is 2.19. The van der Waals surface area contributed by atoms with Crippen molar-refractivity contribution in [2.75, 3.05) is 19.5 Å². The molecule has 0 aliphatic heterocycles. The first-order valence-corrected chi connectivity index (χ1v) is 6.97. The number of benzene rings is 1. The zero-order chi connectivity index (χ0) is 15.2. The van der Waals surface area contributed by atoms with Gasteiger partial charge in [0, 0.05) is 29.7 Å². The Morgan fingerprint density at radius 2 is 2.10 bits per heavy atom. The van der Waals surface area contributed by atoms with Crippen molar-refractivity contribution in [2.45, 2.75) is 26.4 Å². The summed E-state index contributed by atoms with van der Waals surface area (Å²) in [6, 6.07) is 3.54. The summed E-state index contributed by atoms with van der Waals surface area (Å²) in [5, 5.41) is 15.3. The minimum absolute atomic E-state index is 0.476. The third-order valence-corrected chi connectivity index (χ3v) is 3.14. The van der Waals surface area contributed by atoms with Gasteiger partial charge in [0.2, 0.25) is 5.95 Å². The zero-order valence-corrected chi connectivity index (χ0v) is 13.0. The maximum Gasteiger partial charge on any atom is 0.243 e. The fourth-order valence-electron chi connectivity index (χ4n) is 2.01. The molecule has 0 amide bonds. The number of tetrazole rings is 1. The van der Waals surface area contributed by atoms with Crippen LogP contribution in [0.25, 0.3) is 0 Å². The number of aryl methyl sites for hydroxylation is 1. The minimum Gasteiger partial charge on any atom is -0.493 e. The second-order valence-corrected chi connectivity index (χ2v) is 4.82. The highest BCUT2D eigenvalue weighted by atomic mass is 35.5. The van der Waals surface area contributed by atoms with Gasteiger partial charge in [-0.05, 0) is 22.9 Å². The van der Waals surface area contributed by atoms with E-state index in [4.69, 9.17) is 21.1 Å². The number of rotatable bonds is 7. The van der Waals surface area contributed by atoms with Gasteiger partial charge >= 0.3 is 0 Å². The number of hydrogen-bond acceptors (Lipinski definition) is 6. The molecule has 8 heteroatoms. The molecule has 0 aliphatic rings. The van der Waals surface area contributed by atoms with Crippen LogP contribution in [-0.4, -0.2) is 34.4 Å². The number of hydrogen-bond donors (Lipinski definition) is 1. The van der Waals surface area contributed by atoms with E-state index in [1.54, 1.807) is 25.0 Å². The SMILES string of the molecule is CCCn1nnnc1NCc1cc(Cl)cc(OC)c1OC. The van der Waals surface area contributed by atoms with E-state index in [9.17, 15) is 0 Å². The van der Waals surface area contributed by atoms with Crippen LogP contribution in [0.5, 0.6) is 11.5 Å². The van der Waals surface area contributed by atoms with Gasteiger partial charge in [-0.1, -0.05) is 23.6 Å². The van der Waals surface area contributed by atoms with Gasteiger partial charge in [-0.3, -0.25) is 0 Å². The van der Waals surface area contributed by atoms with Crippen molar-refractivity contribution in [3.05, 3.63) is 22.7 Å². The first-order valence-electron chi connectivity index (χ1n) is 6.60. The molecular weight excluding hydrogens is 294 g/mol. The first-order chi connectivity index (χ1) is 10.2. The summed E-state index contributed by atoms with van der Waals surface area (Å²) in [5.74, 6) is 1.84. The molecule has 0 saturated heterocycles. The third-order valence-electron chi connectivity index (χ3n) is 2.92. The highest BCUT2D eigenvalue weighted by molar-refractivity contribution is 6.30. The maximum atomic E-state index is 6.09. The van der Waals surface area contributed by atoms with E-state index in [0.717, 1.165) is 18.5 Å². The number of methoxy groups -OCH3 is 2. The second-order valence-electron chi connectivity index (χ2n) is 4.38. The molecule has 0 atom stereocenters. The highest BCUT2D eigenvalue weighted by Gasteiger charge is 2.13. The van der Waals surface area contributed by atoms with Crippen LogP contribution in [-0.2, 0) is 13.1 Å². The van der Waals surface area contributed by atoms with Crippen LogP contribution in [0, 0.1) is 0 Å². The van der Waals surface area contributed by atoms with Crippen LogP contribution in [0.3, 0.4) is 0 Å². The molecule has 0 fully saturated rings. The Morgan fingerprint density at radius 1 is 1.29 bits per heavy atom. The lowest BCUT2D eigenvalue weighted by atomic mass is 10.2. The Bertz CT molecular complexity index is 602. The van der Waals surface area contributed by atoms with Gasteiger partial charge < -0.3 is 14.8 Å². The Morgan fingerprint density at radius 3 is 2.76 bits per heavy atom. The molecule has 0 radical (unpaired) electrons. The van der Waals surface area contributed by atoms with Gasteiger partial charge in [-0.25, -0.2) is 4.68 Å². The molecule has 0 spiro atoms.